The number of imidazole rings is 1. The molecule has 0 saturated heterocycles. The van der Waals surface area contributed by atoms with Crippen LogP contribution < -0.4 is 0 Å². The molecule has 5 heteroatoms. The summed E-state index contributed by atoms with van der Waals surface area (Å²) in [7, 11) is 1.33. The number of aromatic amines is 1. The Morgan fingerprint density at radius 3 is 3.17 bits per heavy atom. The van der Waals surface area contributed by atoms with Gasteiger partial charge in [-0.1, -0.05) is 0 Å². The van der Waals surface area contributed by atoms with E-state index in [4.69, 9.17) is 0 Å². The molecule has 4 nitrogen and oxygen atoms in total. The maximum Gasteiger partial charge on any atom is 0.374 e. The highest BCUT2D eigenvalue weighted by Gasteiger charge is 2.10. The highest BCUT2D eigenvalue weighted by molar-refractivity contribution is 7.09. The number of nitrogens with one attached hydrogen (secondary N) is 1. The van der Waals surface area contributed by atoms with Crippen molar-refractivity contribution in [3.63, 3.8) is 0 Å². The van der Waals surface area contributed by atoms with Gasteiger partial charge >= 0.3 is 5.97 Å². The van der Waals surface area contributed by atoms with Crippen LogP contribution in [0.2, 0.25) is 0 Å². The van der Waals surface area contributed by atoms with Crippen molar-refractivity contribution in [3.8, 4) is 0 Å². The third-order valence-electron chi connectivity index (χ3n) is 1.51. The lowest BCUT2D eigenvalue weighted by Gasteiger charge is -1.90. The molecule has 0 fully saturated rings. The van der Waals surface area contributed by atoms with Crippen molar-refractivity contribution in [1.29, 1.82) is 0 Å². The predicted molar refractivity (Wildman–Crippen MR) is 45.3 cm³/mol. The molecule has 2 aromatic rings. The van der Waals surface area contributed by atoms with Crippen molar-refractivity contribution >= 4 is 28.3 Å². The first-order valence-corrected chi connectivity index (χ1v) is 4.26. The summed E-state index contributed by atoms with van der Waals surface area (Å²) in [6.07, 6.45) is 0. The Labute approximate surface area is 72.2 Å². The van der Waals surface area contributed by atoms with Crippen molar-refractivity contribution in [3.05, 3.63) is 16.6 Å². The third-order valence-corrected chi connectivity index (χ3v) is 2.24. The lowest BCUT2D eigenvalue weighted by molar-refractivity contribution is 0.0588. The van der Waals surface area contributed by atoms with E-state index in [-0.39, 0.29) is 5.82 Å². The number of esters is 1. The number of carbonyl (C=O) groups is 1. The molecule has 0 spiro atoms. The van der Waals surface area contributed by atoms with Gasteiger partial charge in [-0.25, -0.2) is 9.78 Å². The number of thiophene rings is 1. The number of fused-ring (bicyclic) bond motifs is 1. The van der Waals surface area contributed by atoms with Crippen LogP contribution in [0.5, 0.6) is 0 Å². The fourth-order valence-corrected chi connectivity index (χ4v) is 1.63. The number of carbonyl (C=O) groups excluding carboxylic acids is 1. The molecule has 0 amide bonds. The number of H-pyrrole nitrogens is 1. The number of aromatic nitrogens is 2. The second-order valence-electron chi connectivity index (χ2n) is 2.25. The molecule has 1 N–H and O–H groups in total. The maximum atomic E-state index is 11.0. The third kappa shape index (κ3) is 0.984. The first kappa shape index (κ1) is 7.30. The topological polar surface area (TPSA) is 55.0 Å². The quantitative estimate of drug-likeness (QED) is 0.678. The number of rotatable bonds is 1. The number of methoxy groups -OCH3 is 1. The van der Waals surface area contributed by atoms with Gasteiger partial charge in [-0.05, 0) is 0 Å². The molecule has 0 atom stereocenters. The minimum absolute atomic E-state index is 0.260. The summed E-state index contributed by atoms with van der Waals surface area (Å²) in [6, 6.07) is 0. The van der Waals surface area contributed by atoms with E-state index in [0.29, 0.717) is 0 Å². The van der Waals surface area contributed by atoms with E-state index in [1.807, 2.05) is 10.8 Å². The van der Waals surface area contributed by atoms with Crippen LogP contribution >= 0.6 is 11.3 Å². The fourth-order valence-electron chi connectivity index (χ4n) is 0.940. The van der Waals surface area contributed by atoms with E-state index in [2.05, 4.69) is 14.7 Å². The molecule has 0 aliphatic rings. The molecule has 0 aromatic carbocycles. The summed E-state index contributed by atoms with van der Waals surface area (Å²) in [5.74, 6) is -0.175. The van der Waals surface area contributed by atoms with Crippen molar-refractivity contribution < 1.29 is 9.53 Å². The van der Waals surface area contributed by atoms with Crippen LogP contribution in [0.1, 0.15) is 10.6 Å². The van der Waals surface area contributed by atoms with Crippen LogP contribution in [0.15, 0.2) is 10.8 Å². The molecule has 0 saturated carbocycles. The molecule has 2 aromatic heterocycles. The van der Waals surface area contributed by atoms with Gasteiger partial charge in [0.15, 0.2) is 0 Å². The molecular formula is C7H6N2O2S. The summed E-state index contributed by atoms with van der Waals surface area (Å²) < 4.78 is 4.51. The molecule has 62 valence electrons. The second-order valence-corrected chi connectivity index (χ2v) is 2.99. The summed E-state index contributed by atoms with van der Waals surface area (Å²) in [4.78, 5) is 17.8. The Morgan fingerprint density at radius 2 is 2.50 bits per heavy atom. The zero-order valence-electron chi connectivity index (χ0n) is 6.33. The Balaban J connectivity index is 2.51. The number of hydrogen-bond acceptors (Lipinski definition) is 4. The van der Waals surface area contributed by atoms with E-state index < -0.39 is 5.97 Å². The predicted octanol–water partition coefficient (Wildman–Crippen LogP) is 1.41. The molecular weight excluding hydrogens is 176 g/mol. The standard InChI is InChI=1S/C7H6N2O2S/c1-11-7(10)6-8-4-2-12-3-5(4)9-6/h2-3H,1H3,(H,8,9). The van der Waals surface area contributed by atoms with E-state index in [1.54, 1.807) is 11.3 Å². The summed E-state index contributed by atoms with van der Waals surface area (Å²) in [5, 5.41) is 3.77. The van der Waals surface area contributed by atoms with E-state index in [1.165, 1.54) is 7.11 Å². The zero-order chi connectivity index (χ0) is 8.55. The molecule has 0 aliphatic heterocycles. The van der Waals surface area contributed by atoms with Crippen molar-refractivity contribution in [2.75, 3.05) is 7.11 Å². The fraction of sp³-hybridized carbons (Fsp3) is 0.143. The lowest BCUT2D eigenvalue weighted by Crippen LogP contribution is -2.02. The number of hydrogen-bond donors (Lipinski definition) is 1. The van der Waals surface area contributed by atoms with E-state index >= 15 is 0 Å². The van der Waals surface area contributed by atoms with Gasteiger partial charge in [0.2, 0.25) is 5.82 Å². The average molecular weight is 182 g/mol. The van der Waals surface area contributed by atoms with Crippen molar-refractivity contribution in [2.24, 2.45) is 0 Å². The van der Waals surface area contributed by atoms with Crippen LogP contribution in [0, 0.1) is 0 Å². The lowest BCUT2D eigenvalue weighted by atomic mass is 10.5. The smallest absolute Gasteiger partial charge is 0.374 e. The van der Waals surface area contributed by atoms with Crippen LogP contribution in [0.25, 0.3) is 11.0 Å². The Hall–Kier alpha value is -1.36. The SMILES string of the molecule is COC(=O)c1nc2cscc2[nH]1. The average Bonchev–Trinajstić information content (AvgIpc) is 2.60. The van der Waals surface area contributed by atoms with E-state index in [9.17, 15) is 4.79 Å². The number of nitrogens with zero attached hydrogens (tertiary/aromatic N) is 1. The van der Waals surface area contributed by atoms with Gasteiger partial charge in [-0.15, -0.1) is 11.3 Å². The number of ether oxygens (including phenoxy) is 1. The normalized spacial score (nSPS) is 10.4. The second kappa shape index (κ2) is 2.60. The summed E-state index contributed by atoms with van der Waals surface area (Å²) >= 11 is 1.54. The van der Waals surface area contributed by atoms with Crippen LogP contribution in [-0.2, 0) is 4.74 Å². The molecule has 2 rings (SSSR count). The Kier molecular flexibility index (Phi) is 1.58. The molecule has 0 bridgehead atoms. The first-order valence-electron chi connectivity index (χ1n) is 3.31. The Morgan fingerprint density at radius 1 is 1.67 bits per heavy atom. The monoisotopic (exact) mass is 182 g/mol. The minimum atomic E-state index is -0.434. The zero-order valence-corrected chi connectivity index (χ0v) is 7.14. The van der Waals surface area contributed by atoms with Gasteiger partial charge in [0.1, 0.15) is 0 Å². The Bertz CT molecular complexity index is 389. The molecule has 12 heavy (non-hydrogen) atoms. The summed E-state index contributed by atoms with van der Waals surface area (Å²) in [6.45, 7) is 0. The van der Waals surface area contributed by atoms with Gasteiger partial charge in [0.25, 0.3) is 0 Å². The van der Waals surface area contributed by atoms with Crippen LogP contribution in [0.3, 0.4) is 0 Å². The first-order chi connectivity index (χ1) is 5.81. The van der Waals surface area contributed by atoms with E-state index in [0.717, 1.165) is 11.0 Å². The van der Waals surface area contributed by atoms with Crippen LogP contribution in [0.4, 0.5) is 0 Å². The van der Waals surface area contributed by atoms with Crippen LogP contribution in [-0.4, -0.2) is 23.0 Å². The largest absolute Gasteiger partial charge is 0.463 e. The van der Waals surface area contributed by atoms with Gasteiger partial charge in [0, 0.05) is 10.8 Å². The van der Waals surface area contributed by atoms with Gasteiger partial charge in [-0.3, -0.25) is 0 Å². The molecule has 0 radical (unpaired) electrons. The van der Waals surface area contributed by atoms with Crippen molar-refractivity contribution in [2.45, 2.75) is 0 Å². The minimum Gasteiger partial charge on any atom is -0.463 e. The molecule has 0 unspecified atom stereocenters. The molecule has 0 aliphatic carbocycles. The van der Waals surface area contributed by atoms with Crippen molar-refractivity contribution in [1.82, 2.24) is 9.97 Å². The maximum absolute atomic E-state index is 11.0. The highest BCUT2D eigenvalue weighted by Crippen LogP contribution is 2.15. The van der Waals surface area contributed by atoms with Gasteiger partial charge in [0.05, 0.1) is 18.1 Å². The van der Waals surface area contributed by atoms with Gasteiger partial charge in [-0.2, -0.15) is 0 Å². The molecule has 2 heterocycles. The highest BCUT2D eigenvalue weighted by atomic mass is 32.1. The van der Waals surface area contributed by atoms with Gasteiger partial charge < -0.3 is 9.72 Å². The summed E-state index contributed by atoms with van der Waals surface area (Å²) in [5.41, 5.74) is 1.68.